The van der Waals surface area contributed by atoms with Crippen LogP contribution in [-0.4, -0.2) is 27.1 Å². The van der Waals surface area contributed by atoms with Crippen LogP contribution in [0.3, 0.4) is 0 Å². The molecule has 1 aliphatic rings. The highest BCUT2D eigenvalue weighted by Crippen LogP contribution is 2.34. The number of nitrogens with zero attached hydrogens (tertiary/aromatic N) is 3. The normalized spacial score (nSPS) is 13.5. The van der Waals surface area contributed by atoms with E-state index in [1.54, 1.807) is 6.92 Å². The van der Waals surface area contributed by atoms with Gasteiger partial charge in [0.05, 0.1) is 16.8 Å². The molecule has 2 aromatic heterocycles. The second-order valence-corrected chi connectivity index (χ2v) is 8.07. The molecule has 0 unspecified atom stereocenters. The average Bonchev–Trinajstić information content (AvgIpc) is 3.17. The number of hydrogen-bond donors (Lipinski definition) is 2. The zero-order valence-corrected chi connectivity index (χ0v) is 18.4. The summed E-state index contributed by atoms with van der Waals surface area (Å²) >= 11 is 0. The minimum Gasteiger partial charge on any atom is -0.436 e. The van der Waals surface area contributed by atoms with E-state index in [1.807, 2.05) is 0 Å². The van der Waals surface area contributed by atoms with Gasteiger partial charge in [-0.05, 0) is 56.3 Å². The van der Waals surface area contributed by atoms with Crippen molar-refractivity contribution >= 4 is 22.6 Å². The Kier molecular flexibility index (Phi) is 5.64. The van der Waals surface area contributed by atoms with Crippen LogP contribution in [0.2, 0.25) is 0 Å². The topological polar surface area (TPSA) is 81.1 Å². The van der Waals surface area contributed by atoms with Crippen molar-refractivity contribution in [3.8, 4) is 11.6 Å². The van der Waals surface area contributed by atoms with Gasteiger partial charge in [0.2, 0.25) is 5.88 Å². The molecule has 4 aromatic rings. The van der Waals surface area contributed by atoms with Gasteiger partial charge in [-0.3, -0.25) is 4.57 Å². The molecule has 2 N–H and O–H groups in total. The van der Waals surface area contributed by atoms with E-state index in [2.05, 4.69) is 20.6 Å². The summed E-state index contributed by atoms with van der Waals surface area (Å²) in [5.41, 5.74) is 1.31. The van der Waals surface area contributed by atoms with Crippen molar-refractivity contribution in [3.63, 3.8) is 0 Å². The maximum atomic E-state index is 15.4. The Balaban J connectivity index is 1.46. The Bertz CT molecular complexity index is 1450. The molecular weight excluding hydrogens is 466 g/mol. The van der Waals surface area contributed by atoms with Gasteiger partial charge in [0.25, 0.3) is 0 Å². The number of aromatic nitrogens is 3. The highest BCUT2D eigenvalue weighted by atomic mass is 19.4. The van der Waals surface area contributed by atoms with E-state index >= 15 is 4.39 Å². The largest absolute Gasteiger partial charge is 0.436 e. The molecule has 0 radical (unpaired) electrons. The van der Waals surface area contributed by atoms with Crippen LogP contribution in [0.25, 0.3) is 10.9 Å². The third-order valence-electron chi connectivity index (χ3n) is 5.76. The number of carbonyl (C=O) groups is 1. The summed E-state index contributed by atoms with van der Waals surface area (Å²) in [5, 5.41) is 5.77. The lowest BCUT2D eigenvalue weighted by Gasteiger charge is -2.18. The zero-order chi connectivity index (χ0) is 24.7. The van der Waals surface area contributed by atoms with Gasteiger partial charge in [-0.25, -0.2) is 19.2 Å². The highest BCUT2D eigenvalue weighted by Gasteiger charge is 2.30. The summed E-state index contributed by atoms with van der Waals surface area (Å²) in [6.07, 6.45) is -2.55. The molecule has 3 heterocycles. The van der Waals surface area contributed by atoms with Crippen molar-refractivity contribution in [1.82, 2.24) is 19.9 Å². The number of carbonyl (C=O) groups excluding carboxylic acids is 1. The standard InChI is InChI=1S/C24H19F4N5O2/c1-13-9-17-19(33(13)23(34)32-15-4-2-3-14(10-15)24(26,27)28)5-6-20(21(17)25)35-22-16-7-8-29-11-18(16)30-12-31-22/h2-6,9-10,12,29H,7-8,11H2,1H3,(H,32,34). The first-order chi connectivity index (χ1) is 16.7. The fraction of sp³-hybridized carbons (Fsp3) is 0.208. The smallest absolute Gasteiger partial charge is 0.416 e. The van der Waals surface area contributed by atoms with E-state index in [1.165, 1.54) is 41.2 Å². The second-order valence-electron chi connectivity index (χ2n) is 8.07. The van der Waals surface area contributed by atoms with Gasteiger partial charge in [0, 0.05) is 28.9 Å². The zero-order valence-electron chi connectivity index (χ0n) is 18.4. The molecule has 0 atom stereocenters. The van der Waals surface area contributed by atoms with Crippen molar-refractivity contribution in [2.75, 3.05) is 11.9 Å². The van der Waals surface area contributed by atoms with Crippen molar-refractivity contribution in [1.29, 1.82) is 0 Å². The maximum absolute atomic E-state index is 15.4. The minimum absolute atomic E-state index is 0.0328. The molecule has 11 heteroatoms. The summed E-state index contributed by atoms with van der Waals surface area (Å²) in [4.78, 5) is 21.3. The van der Waals surface area contributed by atoms with E-state index in [0.29, 0.717) is 18.7 Å². The Morgan fingerprint density at radius 3 is 2.80 bits per heavy atom. The van der Waals surface area contributed by atoms with Crippen LogP contribution in [0, 0.1) is 12.7 Å². The molecule has 0 bridgehead atoms. The Morgan fingerprint density at radius 1 is 1.17 bits per heavy atom. The van der Waals surface area contributed by atoms with Crippen LogP contribution in [0.4, 0.5) is 28.0 Å². The lowest BCUT2D eigenvalue weighted by molar-refractivity contribution is -0.137. The molecule has 7 nitrogen and oxygen atoms in total. The molecule has 0 aliphatic carbocycles. The van der Waals surface area contributed by atoms with Gasteiger partial charge in [0.1, 0.15) is 6.33 Å². The molecule has 2 aromatic carbocycles. The van der Waals surface area contributed by atoms with Gasteiger partial charge in [-0.2, -0.15) is 13.2 Å². The van der Waals surface area contributed by atoms with Gasteiger partial charge in [-0.1, -0.05) is 6.07 Å². The SMILES string of the molecule is Cc1cc2c(F)c(Oc3ncnc4c3CCNC4)ccc2n1C(=O)Nc1cccc(C(F)(F)F)c1. The van der Waals surface area contributed by atoms with Gasteiger partial charge < -0.3 is 15.4 Å². The summed E-state index contributed by atoms with van der Waals surface area (Å²) in [6, 6.07) is 7.95. The molecule has 0 saturated heterocycles. The van der Waals surface area contributed by atoms with Crippen molar-refractivity contribution in [3.05, 3.63) is 77.1 Å². The molecule has 0 fully saturated rings. The van der Waals surface area contributed by atoms with E-state index in [-0.39, 0.29) is 28.2 Å². The van der Waals surface area contributed by atoms with Crippen LogP contribution in [0.1, 0.15) is 22.5 Å². The lowest BCUT2D eigenvalue weighted by Crippen LogP contribution is -2.25. The van der Waals surface area contributed by atoms with Crippen LogP contribution < -0.4 is 15.4 Å². The lowest BCUT2D eigenvalue weighted by atomic mass is 10.1. The molecule has 5 rings (SSSR count). The highest BCUT2D eigenvalue weighted by molar-refractivity contribution is 6.00. The number of halogens is 4. The molecule has 1 amide bonds. The van der Waals surface area contributed by atoms with Crippen LogP contribution in [0.15, 0.2) is 48.8 Å². The summed E-state index contributed by atoms with van der Waals surface area (Å²) in [7, 11) is 0. The Labute approximate surface area is 196 Å². The number of rotatable bonds is 3. The quantitative estimate of drug-likeness (QED) is 0.379. The monoisotopic (exact) mass is 485 g/mol. The van der Waals surface area contributed by atoms with Crippen LogP contribution in [0.5, 0.6) is 11.6 Å². The third-order valence-corrected chi connectivity index (χ3v) is 5.76. The number of aryl methyl sites for hydroxylation is 1. The number of ether oxygens (including phenoxy) is 1. The Morgan fingerprint density at radius 2 is 2.00 bits per heavy atom. The fourth-order valence-electron chi connectivity index (χ4n) is 4.11. The van der Waals surface area contributed by atoms with Gasteiger partial charge >= 0.3 is 12.2 Å². The minimum atomic E-state index is -4.55. The fourth-order valence-corrected chi connectivity index (χ4v) is 4.11. The number of fused-ring (bicyclic) bond motifs is 2. The number of benzene rings is 2. The predicted octanol–water partition coefficient (Wildman–Crippen LogP) is 5.42. The summed E-state index contributed by atoms with van der Waals surface area (Å²) in [5.74, 6) is -0.474. The molecular formula is C24H19F4N5O2. The van der Waals surface area contributed by atoms with E-state index in [0.717, 1.165) is 29.9 Å². The molecule has 35 heavy (non-hydrogen) atoms. The molecule has 0 spiro atoms. The maximum Gasteiger partial charge on any atom is 0.416 e. The first-order valence-corrected chi connectivity index (χ1v) is 10.7. The van der Waals surface area contributed by atoms with Crippen molar-refractivity contribution in [2.45, 2.75) is 26.1 Å². The van der Waals surface area contributed by atoms with Gasteiger partial charge in [0.15, 0.2) is 11.6 Å². The number of anilines is 1. The van der Waals surface area contributed by atoms with Crippen LogP contribution in [-0.2, 0) is 19.1 Å². The number of amides is 1. The molecule has 0 saturated carbocycles. The van der Waals surface area contributed by atoms with Crippen LogP contribution >= 0.6 is 0 Å². The first-order valence-electron chi connectivity index (χ1n) is 10.7. The predicted molar refractivity (Wildman–Crippen MR) is 120 cm³/mol. The van der Waals surface area contributed by atoms with E-state index < -0.39 is 23.6 Å². The number of nitrogens with one attached hydrogen (secondary N) is 2. The number of hydrogen-bond acceptors (Lipinski definition) is 5. The molecule has 180 valence electrons. The number of alkyl halides is 3. The average molecular weight is 485 g/mol. The summed E-state index contributed by atoms with van der Waals surface area (Å²) < 4.78 is 61.4. The van der Waals surface area contributed by atoms with Gasteiger partial charge in [-0.15, -0.1) is 0 Å². The second kappa shape index (κ2) is 8.66. The first kappa shape index (κ1) is 22.8. The van der Waals surface area contributed by atoms with E-state index in [9.17, 15) is 18.0 Å². The third kappa shape index (κ3) is 4.30. The summed E-state index contributed by atoms with van der Waals surface area (Å²) in [6.45, 7) is 2.89. The molecule has 1 aliphatic heterocycles. The Hall–Kier alpha value is -3.99. The van der Waals surface area contributed by atoms with E-state index in [4.69, 9.17) is 4.74 Å². The van der Waals surface area contributed by atoms with Crippen molar-refractivity contribution < 1.29 is 27.1 Å². The van der Waals surface area contributed by atoms with Crippen molar-refractivity contribution in [2.24, 2.45) is 0 Å².